The fourth-order valence-corrected chi connectivity index (χ4v) is 2.46. The molecule has 0 atom stereocenters. The zero-order valence-electron chi connectivity index (χ0n) is 13.2. The normalized spacial score (nSPS) is 10.9. The molecule has 124 valence electrons. The zero-order chi connectivity index (χ0) is 17.1. The molecule has 0 saturated carbocycles. The van der Waals surface area contributed by atoms with E-state index in [0.717, 1.165) is 10.9 Å². The maximum Gasteiger partial charge on any atom is 0.226 e. The number of hydrogen-bond donors (Lipinski definition) is 1. The highest BCUT2D eigenvalue weighted by molar-refractivity contribution is 5.86. The monoisotopic (exact) mass is 334 g/mol. The Morgan fingerprint density at radius 1 is 1.20 bits per heavy atom. The van der Waals surface area contributed by atoms with E-state index in [1.54, 1.807) is 17.2 Å². The van der Waals surface area contributed by atoms with Gasteiger partial charge in [-0.05, 0) is 23.8 Å². The largest absolute Gasteiger partial charge is 0.356 e. The Labute approximate surface area is 142 Å². The summed E-state index contributed by atoms with van der Waals surface area (Å²) in [6.07, 6.45) is 4.89. The van der Waals surface area contributed by atoms with E-state index in [0.29, 0.717) is 23.6 Å². The number of fused-ring (bicyclic) bond motifs is 1. The Bertz CT molecular complexity index is 992. The molecule has 0 aliphatic rings. The molecule has 0 aliphatic heterocycles. The first-order chi connectivity index (χ1) is 12.3. The van der Waals surface area contributed by atoms with Gasteiger partial charge in [0.25, 0.3) is 0 Å². The van der Waals surface area contributed by atoms with Crippen LogP contribution in [0.5, 0.6) is 0 Å². The van der Waals surface area contributed by atoms with Crippen LogP contribution >= 0.6 is 0 Å². The van der Waals surface area contributed by atoms with Crippen molar-refractivity contribution in [2.24, 2.45) is 0 Å². The number of pyridine rings is 1. The highest BCUT2D eigenvalue weighted by Gasteiger charge is 2.11. The topological polar surface area (TPSA) is 98.7 Å². The van der Waals surface area contributed by atoms with Gasteiger partial charge in [0.15, 0.2) is 11.4 Å². The summed E-state index contributed by atoms with van der Waals surface area (Å²) in [6, 6.07) is 11.2. The van der Waals surface area contributed by atoms with Crippen LogP contribution in [-0.2, 0) is 17.8 Å². The number of amides is 1. The molecule has 3 aromatic heterocycles. The lowest BCUT2D eigenvalue weighted by Gasteiger charge is -2.05. The third-order valence-electron chi connectivity index (χ3n) is 3.73. The SMILES string of the molecule is O=C(Cc1noc2ccccc12)NCc1ccc(-n2cncn2)nc1. The highest BCUT2D eigenvalue weighted by atomic mass is 16.5. The van der Waals surface area contributed by atoms with Gasteiger partial charge >= 0.3 is 0 Å². The summed E-state index contributed by atoms with van der Waals surface area (Å²) in [5.41, 5.74) is 2.20. The third-order valence-corrected chi connectivity index (χ3v) is 3.73. The lowest BCUT2D eigenvalue weighted by molar-refractivity contribution is -0.120. The predicted octanol–water partition coefficient (Wildman–Crippen LogP) is 1.66. The summed E-state index contributed by atoms with van der Waals surface area (Å²) in [5.74, 6) is 0.543. The van der Waals surface area contributed by atoms with Gasteiger partial charge in [0.1, 0.15) is 18.3 Å². The Balaban J connectivity index is 1.37. The zero-order valence-corrected chi connectivity index (χ0v) is 13.2. The number of nitrogens with zero attached hydrogens (tertiary/aromatic N) is 5. The number of carbonyl (C=O) groups is 1. The van der Waals surface area contributed by atoms with E-state index < -0.39 is 0 Å². The summed E-state index contributed by atoms with van der Waals surface area (Å²) < 4.78 is 6.78. The minimum absolute atomic E-state index is 0.126. The predicted molar refractivity (Wildman–Crippen MR) is 88.7 cm³/mol. The minimum atomic E-state index is -0.126. The number of para-hydroxylation sites is 1. The van der Waals surface area contributed by atoms with Gasteiger partial charge < -0.3 is 9.84 Å². The molecule has 0 aliphatic carbocycles. The van der Waals surface area contributed by atoms with Gasteiger partial charge in [-0.3, -0.25) is 4.79 Å². The Morgan fingerprint density at radius 2 is 2.12 bits per heavy atom. The highest BCUT2D eigenvalue weighted by Crippen LogP contribution is 2.18. The van der Waals surface area contributed by atoms with Crippen molar-refractivity contribution >= 4 is 16.9 Å². The molecule has 0 fully saturated rings. The van der Waals surface area contributed by atoms with Crippen molar-refractivity contribution in [3.05, 3.63) is 66.5 Å². The first-order valence-electron chi connectivity index (χ1n) is 7.69. The molecule has 25 heavy (non-hydrogen) atoms. The van der Waals surface area contributed by atoms with Crippen molar-refractivity contribution in [1.82, 2.24) is 30.2 Å². The van der Waals surface area contributed by atoms with E-state index in [1.165, 1.54) is 6.33 Å². The lowest BCUT2D eigenvalue weighted by Crippen LogP contribution is -2.24. The molecule has 8 heteroatoms. The van der Waals surface area contributed by atoms with Crippen LogP contribution < -0.4 is 5.32 Å². The number of hydrogen-bond acceptors (Lipinski definition) is 6. The molecule has 4 aromatic rings. The summed E-state index contributed by atoms with van der Waals surface area (Å²) in [4.78, 5) is 20.3. The fraction of sp³-hybridized carbons (Fsp3) is 0.118. The molecule has 1 aromatic carbocycles. The maximum atomic E-state index is 12.1. The van der Waals surface area contributed by atoms with Gasteiger partial charge in [-0.1, -0.05) is 23.4 Å². The maximum absolute atomic E-state index is 12.1. The van der Waals surface area contributed by atoms with Crippen LogP contribution in [0.15, 0.2) is 59.8 Å². The van der Waals surface area contributed by atoms with Crippen molar-refractivity contribution in [3.8, 4) is 5.82 Å². The Hall–Kier alpha value is -3.55. The number of benzene rings is 1. The first kappa shape index (κ1) is 15.0. The molecule has 0 bridgehead atoms. The van der Waals surface area contributed by atoms with E-state index in [2.05, 4.69) is 25.5 Å². The van der Waals surface area contributed by atoms with Gasteiger partial charge in [0.05, 0.1) is 6.42 Å². The van der Waals surface area contributed by atoms with E-state index in [-0.39, 0.29) is 12.3 Å². The van der Waals surface area contributed by atoms with E-state index in [4.69, 9.17) is 4.52 Å². The summed E-state index contributed by atoms with van der Waals surface area (Å²) in [6.45, 7) is 0.388. The van der Waals surface area contributed by atoms with Gasteiger partial charge in [0, 0.05) is 18.1 Å². The second-order valence-electron chi connectivity index (χ2n) is 5.44. The molecular formula is C17H14N6O2. The van der Waals surface area contributed by atoms with Gasteiger partial charge in [-0.15, -0.1) is 0 Å². The van der Waals surface area contributed by atoms with Gasteiger partial charge in [-0.25, -0.2) is 14.6 Å². The van der Waals surface area contributed by atoms with Gasteiger partial charge in [0.2, 0.25) is 5.91 Å². The second-order valence-corrected chi connectivity index (χ2v) is 5.44. The molecule has 0 saturated heterocycles. The molecular weight excluding hydrogens is 320 g/mol. The second kappa shape index (κ2) is 6.52. The van der Waals surface area contributed by atoms with Crippen LogP contribution in [0.2, 0.25) is 0 Å². The molecule has 8 nitrogen and oxygen atoms in total. The fourth-order valence-electron chi connectivity index (χ4n) is 2.46. The van der Waals surface area contributed by atoms with E-state index in [9.17, 15) is 4.79 Å². The van der Waals surface area contributed by atoms with Crippen LogP contribution in [0.25, 0.3) is 16.8 Å². The number of nitrogens with one attached hydrogen (secondary N) is 1. The number of rotatable bonds is 5. The van der Waals surface area contributed by atoms with Crippen LogP contribution in [0.4, 0.5) is 0 Å². The third kappa shape index (κ3) is 3.23. The summed E-state index contributed by atoms with van der Waals surface area (Å²) in [7, 11) is 0. The first-order valence-corrected chi connectivity index (χ1v) is 7.69. The van der Waals surface area contributed by atoms with Crippen molar-refractivity contribution in [1.29, 1.82) is 0 Å². The van der Waals surface area contributed by atoms with Crippen LogP contribution in [-0.4, -0.2) is 30.8 Å². The van der Waals surface area contributed by atoms with Crippen LogP contribution in [0, 0.1) is 0 Å². The number of aromatic nitrogens is 5. The van der Waals surface area contributed by atoms with E-state index >= 15 is 0 Å². The lowest BCUT2D eigenvalue weighted by atomic mass is 10.1. The molecule has 1 N–H and O–H groups in total. The summed E-state index contributed by atoms with van der Waals surface area (Å²) >= 11 is 0. The molecule has 0 unspecified atom stereocenters. The van der Waals surface area contributed by atoms with E-state index in [1.807, 2.05) is 36.4 Å². The Morgan fingerprint density at radius 3 is 2.92 bits per heavy atom. The van der Waals surface area contributed by atoms with Gasteiger partial charge in [-0.2, -0.15) is 5.10 Å². The molecule has 0 spiro atoms. The standard InChI is InChI=1S/C17H14N6O2/c24-17(7-14-13-3-1-2-4-15(13)25-22-14)20-9-12-5-6-16(19-8-12)23-11-18-10-21-23/h1-6,8,10-11H,7,9H2,(H,20,24). The Kier molecular flexibility index (Phi) is 3.91. The van der Waals surface area contributed by atoms with Crippen LogP contribution in [0.1, 0.15) is 11.3 Å². The van der Waals surface area contributed by atoms with Crippen molar-refractivity contribution < 1.29 is 9.32 Å². The molecule has 1 amide bonds. The van der Waals surface area contributed by atoms with Crippen molar-refractivity contribution in [2.45, 2.75) is 13.0 Å². The number of carbonyl (C=O) groups excluding carboxylic acids is 1. The quantitative estimate of drug-likeness (QED) is 0.596. The smallest absolute Gasteiger partial charge is 0.226 e. The average Bonchev–Trinajstić information content (AvgIpc) is 3.31. The minimum Gasteiger partial charge on any atom is -0.356 e. The van der Waals surface area contributed by atoms with Crippen LogP contribution in [0.3, 0.4) is 0 Å². The average molecular weight is 334 g/mol. The molecule has 3 heterocycles. The summed E-state index contributed by atoms with van der Waals surface area (Å²) in [5, 5.41) is 11.7. The molecule has 4 rings (SSSR count). The van der Waals surface area contributed by atoms with Crippen molar-refractivity contribution in [2.75, 3.05) is 0 Å². The van der Waals surface area contributed by atoms with Crippen molar-refractivity contribution in [3.63, 3.8) is 0 Å². The molecule has 0 radical (unpaired) electrons.